The van der Waals surface area contributed by atoms with Crippen LogP contribution in [0, 0.1) is 0 Å². The van der Waals surface area contributed by atoms with Crippen LogP contribution in [0.3, 0.4) is 0 Å². The first-order valence-electron chi connectivity index (χ1n) is 3.38. The Balaban J connectivity index is 2.15. The lowest BCUT2D eigenvalue weighted by Crippen LogP contribution is -1.89. The average Bonchev–Trinajstić information content (AvgIpc) is 2.59. The molecule has 0 saturated carbocycles. The molecule has 0 saturated heterocycles. The van der Waals surface area contributed by atoms with Crippen molar-refractivity contribution in [1.29, 1.82) is 0 Å². The summed E-state index contributed by atoms with van der Waals surface area (Å²) in [5.41, 5.74) is 2.60. The molecule has 0 fully saturated rings. The van der Waals surface area contributed by atoms with E-state index in [4.69, 9.17) is 0 Å². The largest absolute Gasteiger partial charge is 0.329 e. The molecule has 12 heavy (non-hydrogen) atoms. The van der Waals surface area contributed by atoms with E-state index in [0.717, 1.165) is 10.8 Å². The van der Waals surface area contributed by atoms with E-state index in [1.165, 1.54) is 11.3 Å². The molecule has 2 aromatic rings. The van der Waals surface area contributed by atoms with E-state index in [1.54, 1.807) is 17.9 Å². The molecule has 0 aliphatic heterocycles. The third-order valence-electron chi connectivity index (χ3n) is 1.27. The van der Waals surface area contributed by atoms with Gasteiger partial charge in [-0.05, 0) is 12.1 Å². The Morgan fingerprint density at radius 3 is 3.08 bits per heavy atom. The molecular weight excluding hydrogens is 172 g/mol. The predicted octanol–water partition coefficient (Wildman–Crippen LogP) is 1.68. The first-order chi connectivity index (χ1) is 5.95. The zero-order chi connectivity index (χ0) is 8.23. The molecule has 2 aromatic heterocycles. The Kier molecular flexibility index (Phi) is 1.96. The van der Waals surface area contributed by atoms with Gasteiger partial charge in [0.25, 0.3) is 0 Å². The zero-order valence-corrected chi connectivity index (χ0v) is 6.95. The van der Waals surface area contributed by atoms with Crippen molar-refractivity contribution in [3.63, 3.8) is 0 Å². The Morgan fingerprint density at radius 1 is 1.42 bits per heavy atom. The fourth-order valence-electron chi connectivity index (χ4n) is 0.788. The van der Waals surface area contributed by atoms with Crippen LogP contribution in [-0.4, -0.2) is 15.2 Å². The SMILES string of the molecule is c1cncc(Nc2nncs2)c1. The van der Waals surface area contributed by atoms with Crippen molar-refractivity contribution in [3.05, 3.63) is 30.0 Å². The quantitative estimate of drug-likeness (QED) is 0.760. The summed E-state index contributed by atoms with van der Waals surface area (Å²) in [4.78, 5) is 3.96. The number of pyridine rings is 1. The van der Waals surface area contributed by atoms with Crippen molar-refractivity contribution < 1.29 is 0 Å². The topological polar surface area (TPSA) is 50.7 Å². The van der Waals surface area contributed by atoms with Crippen LogP contribution in [0.25, 0.3) is 0 Å². The number of hydrogen-bond acceptors (Lipinski definition) is 5. The van der Waals surface area contributed by atoms with Crippen molar-refractivity contribution in [2.24, 2.45) is 0 Å². The van der Waals surface area contributed by atoms with Gasteiger partial charge in [-0.25, -0.2) is 0 Å². The lowest BCUT2D eigenvalue weighted by atomic mass is 10.4. The van der Waals surface area contributed by atoms with E-state index >= 15 is 0 Å². The maximum absolute atomic E-state index is 3.96. The third kappa shape index (κ3) is 1.57. The number of anilines is 2. The second-order valence-corrected chi connectivity index (χ2v) is 2.94. The van der Waals surface area contributed by atoms with Crippen molar-refractivity contribution in [2.75, 3.05) is 5.32 Å². The normalized spacial score (nSPS) is 9.67. The van der Waals surface area contributed by atoms with Gasteiger partial charge >= 0.3 is 0 Å². The molecule has 1 N–H and O–H groups in total. The maximum atomic E-state index is 3.96. The summed E-state index contributed by atoms with van der Waals surface area (Å²) >= 11 is 1.46. The van der Waals surface area contributed by atoms with Gasteiger partial charge in [-0.15, -0.1) is 10.2 Å². The number of rotatable bonds is 2. The Labute approximate surface area is 73.3 Å². The fourth-order valence-corrected chi connectivity index (χ4v) is 1.25. The highest BCUT2D eigenvalue weighted by Gasteiger charge is 1.95. The molecule has 0 atom stereocenters. The zero-order valence-electron chi connectivity index (χ0n) is 6.14. The molecule has 2 rings (SSSR count). The molecule has 0 unspecified atom stereocenters. The Morgan fingerprint density at radius 2 is 2.42 bits per heavy atom. The fraction of sp³-hybridized carbons (Fsp3) is 0. The van der Waals surface area contributed by atoms with Crippen molar-refractivity contribution in [2.45, 2.75) is 0 Å². The van der Waals surface area contributed by atoms with E-state index < -0.39 is 0 Å². The molecule has 0 aliphatic carbocycles. The van der Waals surface area contributed by atoms with Gasteiger partial charge in [-0.2, -0.15) is 0 Å². The van der Waals surface area contributed by atoms with Crippen LogP contribution in [0.2, 0.25) is 0 Å². The maximum Gasteiger partial charge on any atom is 0.209 e. The van der Waals surface area contributed by atoms with Crippen molar-refractivity contribution >= 4 is 22.2 Å². The molecule has 60 valence electrons. The van der Waals surface area contributed by atoms with E-state index in [-0.39, 0.29) is 0 Å². The van der Waals surface area contributed by atoms with Crippen LogP contribution < -0.4 is 5.32 Å². The van der Waals surface area contributed by atoms with E-state index in [1.807, 2.05) is 12.1 Å². The minimum Gasteiger partial charge on any atom is -0.329 e. The molecule has 0 aromatic carbocycles. The van der Waals surface area contributed by atoms with E-state index in [0.29, 0.717) is 0 Å². The highest BCUT2D eigenvalue weighted by molar-refractivity contribution is 7.13. The Bertz CT molecular complexity index is 332. The minimum absolute atomic E-state index is 0.781. The summed E-state index contributed by atoms with van der Waals surface area (Å²) in [6, 6.07) is 3.79. The van der Waals surface area contributed by atoms with Gasteiger partial charge in [0.1, 0.15) is 5.51 Å². The first-order valence-corrected chi connectivity index (χ1v) is 4.26. The van der Waals surface area contributed by atoms with Gasteiger partial charge < -0.3 is 5.32 Å². The van der Waals surface area contributed by atoms with Crippen LogP contribution in [0.1, 0.15) is 0 Å². The summed E-state index contributed by atoms with van der Waals surface area (Å²) in [5, 5.41) is 11.4. The van der Waals surface area contributed by atoms with Crippen LogP contribution in [0.5, 0.6) is 0 Å². The predicted molar refractivity (Wildman–Crippen MR) is 47.4 cm³/mol. The number of hydrogen-bond donors (Lipinski definition) is 1. The molecule has 5 heteroatoms. The van der Waals surface area contributed by atoms with Crippen LogP contribution >= 0.6 is 11.3 Å². The second kappa shape index (κ2) is 3.27. The number of aromatic nitrogens is 3. The number of nitrogens with one attached hydrogen (secondary N) is 1. The van der Waals surface area contributed by atoms with Gasteiger partial charge in [-0.1, -0.05) is 11.3 Å². The Hall–Kier alpha value is -1.49. The molecule has 0 spiro atoms. The van der Waals surface area contributed by atoms with E-state index in [2.05, 4.69) is 20.5 Å². The average molecular weight is 178 g/mol. The highest BCUT2D eigenvalue weighted by atomic mass is 32.1. The van der Waals surface area contributed by atoms with Crippen LogP contribution in [-0.2, 0) is 0 Å². The highest BCUT2D eigenvalue weighted by Crippen LogP contribution is 2.15. The van der Waals surface area contributed by atoms with Crippen LogP contribution in [0.15, 0.2) is 30.0 Å². The summed E-state index contributed by atoms with van der Waals surface area (Å²) in [6.07, 6.45) is 3.46. The lowest BCUT2D eigenvalue weighted by Gasteiger charge is -1.98. The second-order valence-electron chi connectivity index (χ2n) is 2.11. The molecule has 0 amide bonds. The molecule has 0 radical (unpaired) electrons. The molecule has 0 bridgehead atoms. The number of nitrogens with zero attached hydrogens (tertiary/aromatic N) is 3. The van der Waals surface area contributed by atoms with Crippen molar-refractivity contribution in [3.8, 4) is 0 Å². The monoisotopic (exact) mass is 178 g/mol. The van der Waals surface area contributed by atoms with Crippen LogP contribution in [0.4, 0.5) is 10.8 Å². The molecule has 2 heterocycles. The van der Waals surface area contributed by atoms with Gasteiger partial charge in [-0.3, -0.25) is 4.98 Å². The first kappa shape index (κ1) is 7.17. The molecule has 0 aliphatic rings. The summed E-state index contributed by atoms with van der Waals surface area (Å²) in [6.45, 7) is 0. The summed E-state index contributed by atoms with van der Waals surface area (Å²) in [7, 11) is 0. The summed E-state index contributed by atoms with van der Waals surface area (Å²) < 4.78 is 0. The molecular formula is C7H6N4S. The smallest absolute Gasteiger partial charge is 0.209 e. The lowest BCUT2D eigenvalue weighted by molar-refractivity contribution is 1.09. The van der Waals surface area contributed by atoms with Gasteiger partial charge in [0.2, 0.25) is 5.13 Å². The van der Waals surface area contributed by atoms with Crippen molar-refractivity contribution in [1.82, 2.24) is 15.2 Å². The summed E-state index contributed by atoms with van der Waals surface area (Å²) in [5.74, 6) is 0. The third-order valence-corrected chi connectivity index (χ3v) is 1.88. The van der Waals surface area contributed by atoms with Gasteiger partial charge in [0.15, 0.2) is 0 Å². The molecule has 4 nitrogen and oxygen atoms in total. The minimum atomic E-state index is 0.781. The standard InChI is InChI=1S/C7H6N4S/c1-2-6(4-8-3-1)10-7-11-9-5-12-7/h1-5H,(H,10,11). The van der Waals surface area contributed by atoms with Gasteiger partial charge in [0.05, 0.1) is 11.9 Å². The van der Waals surface area contributed by atoms with Gasteiger partial charge in [0, 0.05) is 6.20 Å². The van der Waals surface area contributed by atoms with E-state index in [9.17, 15) is 0 Å².